The molecule has 4 rings (SSSR count). The van der Waals surface area contributed by atoms with Crippen molar-refractivity contribution in [3.8, 4) is 11.3 Å². The van der Waals surface area contributed by atoms with Crippen molar-refractivity contribution in [1.82, 2.24) is 19.6 Å². The first-order chi connectivity index (χ1) is 12.2. The SMILES string of the molecule is Cc1ccc(-c2nc3ccc(C)cn3c2CN2CCCNCC2)cc1. The summed E-state index contributed by atoms with van der Waals surface area (Å²) in [6.07, 6.45) is 3.42. The number of hydrogen-bond acceptors (Lipinski definition) is 3. The average Bonchev–Trinajstić information content (AvgIpc) is 2.79. The predicted molar refractivity (Wildman–Crippen MR) is 103 cm³/mol. The Morgan fingerprint density at radius 1 is 0.960 bits per heavy atom. The lowest BCUT2D eigenvalue weighted by molar-refractivity contribution is 0.281. The zero-order valence-corrected chi connectivity index (χ0v) is 15.1. The number of imidazole rings is 1. The van der Waals surface area contributed by atoms with Crippen LogP contribution in [0.5, 0.6) is 0 Å². The lowest BCUT2D eigenvalue weighted by atomic mass is 10.1. The van der Waals surface area contributed by atoms with Crippen molar-refractivity contribution in [3.05, 3.63) is 59.4 Å². The number of fused-ring (bicyclic) bond motifs is 1. The Morgan fingerprint density at radius 2 is 1.76 bits per heavy atom. The lowest BCUT2D eigenvalue weighted by Crippen LogP contribution is -2.28. The first kappa shape index (κ1) is 16.3. The molecule has 25 heavy (non-hydrogen) atoms. The van der Waals surface area contributed by atoms with Gasteiger partial charge < -0.3 is 9.72 Å². The maximum absolute atomic E-state index is 4.96. The third kappa shape index (κ3) is 3.46. The molecule has 0 radical (unpaired) electrons. The third-order valence-corrected chi connectivity index (χ3v) is 5.00. The van der Waals surface area contributed by atoms with Crippen molar-refractivity contribution >= 4 is 5.65 Å². The summed E-state index contributed by atoms with van der Waals surface area (Å²) >= 11 is 0. The van der Waals surface area contributed by atoms with Crippen LogP contribution in [0.25, 0.3) is 16.9 Å². The van der Waals surface area contributed by atoms with E-state index in [1.165, 1.54) is 28.8 Å². The number of nitrogens with zero attached hydrogens (tertiary/aromatic N) is 3. The van der Waals surface area contributed by atoms with Gasteiger partial charge in [-0.3, -0.25) is 4.90 Å². The summed E-state index contributed by atoms with van der Waals surface area (Å²) < 4.78 is 2.28. The molecule has 1 aliphatic heterocycles. The van der Waals surface area contributed by atoms with Gasteiger partial charge in [0.25, 0.3) is 0 Å². The Bertz CT molecular complexity index is 855. The van der Waals surface area contributed by atoms with Crippen LogP contribution in [0.15, 0.2) is 42.6 Å². The summed E-state index contributed by atoms with van der Waals surface area (Å²) in [5, 5.41) is 3.49. The molecule has 130 valence electrons. The molecule has 1 fully saturated rings. The van der Waals surface area contributed by atoms with Gasteiger partial charge in [0.1, 0.15) is 5.65 Å². The van der Waals surface area contributed by atoms with Gasteiger partial charge in [-0.15, -0.1) is 0 Å². The number of aryl methyl sites for hydroxylation is 2. The molecule has 1 N–H and O–H groups in total. The zero-order valence-electron chi connectivity index (χ0n) is 15.1. The molecule has 3 aromatic rings. The van der Waals surface area contributed by atoms with E-state index in [0.29, 0.717) is 0 Å². The van der Waals surface area contributed by atoms with E-state index in [-0.39, 0.29) is 0 Å². The number of rotatable bonds is 3. The fourth-order valence-electron chi connectivity index (χ4n) is 3.56. The fraction of sp³-hybridized carbons (Fsp3) is 0.381. The Labute approximate surface area is 149 Å². The average molecular weight is 334 g/mol. The zero-order chi connectivity index (χ0) is 17.2. The monoisotopic (exact) mass is 334 g/mol. The second kappa shape index (κ2) is 6.98. The van der Waals surface area contributed by atoms with Crippen LogP contribution in [0.3, 0.4) is 0 Å². The Morgan fingerprint density at radius 3 is 2.60 bits per heavy atom. The number of hydrogen-bond donors (Lipinski definition) is 1. The molecule has 0 aliphatic carbocycles. The Hall–Kier alpha value is -2.17. The van der Waals surface area contributed by atoms with Crippen LogP contribution in [0.1, 0.15) is 23.2 Å². The number of nitrogens with one attached hydrogen (secondary N) is 1. The van der Waals surface area contributed by atoms with Crippen molar-refractivity contribution < 1.29 is 0 Å². The molecule has 2 aromatic heterocycles. The smallest absolute Gasteiger partial charge is 0.137 e. The van der Waals surface area contributed by atoms with E-state index >= 15 is 0 Å². The lowest BCUT2D eigenvalue weighted by Gasteiger charge is -2.20. The highest BCUT2D eigenvalue weighted by atomic mass is 15.2. The fourth-order valence-corrected chi connectivity index (χ4v) is 3.56. The van der Waals surface area contributed by atoms with Gasteiger partial charge in [-0.25, -0.2) is 4.98 Å². The second-order valence-corrected chi connectivity index (χ2v) is 7.09. The summed E-state index contributed by atoms with van der Waals surface area (Å²) in [6, 6.07) is 13.0. The van der Waals surface area contributed by atoms with Gasteiger partial charge in [-0.2, -0.15) is 0 Å². The number of pyridine rings is 1. The van der Waals surface area contributed by atoms with Crippen LogP contribution in [0.2, 0.25) is 0 Å². The van der Waals surface area contributed by atoms with Crippen LogP contribution < -0.4 is 5.32 Å². The van der Waals surface area contributed by atoms with E-state index in [2.05, 4.69) is 71.1 Å². The predicted octanol–water partition coefficient (Wildman–Crippen LogP) is 3.41. The van der Waals surface area contributed by atoms with Crippen molar-refractivity contribution in [2.75, 3.05) is 26.2 Å². The van der Waals surface area contributed by atoms with E-state index in [9.17, 15) is 0 Å². The Balaban J connectivity index is 1.79. The van der Waals surface area contributed by atoms with Crippen LogP contribution in [-0.4, -0.2) is 40.5 Å². The topological polar surface area (TPSA) is 32.6 Å². The quantitative estimate of drug-likeness (QED) is 0.797. The van der Waals surface area contributed by atoms with Gasteiger partial charge in [0.05, 0.1) is 11.4 Å². The minimum atomic E-state index is 0.940. The molecular formula is C21H26N4. The summed E-state index contributed by atoms with van der Waals surface area (Å²) in [6.45, 7) is 9.62. The molecule has 0 unspecified atom stereocenters. The first-order valence-electron chi connectivity index (χ1n) is 9.18. The van der Waals surface area contributed by atoms with E-state index in [1.54, 1.807) is 0 Å². The molecular weight excluding hydrogens is 308 g/mol. The van der Waals surface area contributed by atoms with E-state index in [4.69, 9.17) is 4.98 Å². The van der Waals surface area contributed by atoms with Gasteiger partial charge in [0.15, 0.2) is 0 Å². The van der Waals surface area contributed by atoms with Crippen molar-refractivity contribution in [2.45, 2.75) is 26.8 Å². The van der Waals surface area contributed by atoms with Gasteiger partial charge >= 0.3 is 0 Å². The highest BCUT2D eigenvalue weighted by Crippen LogP contribution is 2.26. The molecule has 0 atom stereocenters. The molecule has 1 aromatic carbocycles. The van der Waals surface area contributed by atoms with E-state index < -0.39 is 0 Å². The van der Waals surface area contributed by atoms with E-state index in [0.717, 1.165) is 44.1 Å². The molecule has 4 heteroatoms. The molecule has 0 amide bonds. The first-order valence-corrected chi connectivity index (χ1v) is 9.18. The van der Waals surface area contributed by atoms with Gasteiger partial charge in [-0.05, 0) is 45.0 Å². The maximum Gasteiger partial charge on any atom is 0.137 e. The van der Waals surface area contributed by atoms with E-state index in [1.807, 2.05) is 0 Å². The van der Waals surface area contributed by atoms with Crippen LogP contribution >= 0.6 is 0 Å². The number of benzene rings is 1. The minimum Gasteiger partial charge on any atom is -0.315 e. The molecule has 1 aliphatic rings. The van der Waals surface area contributed by atoms with Gasteiger partial charge in [0.2, 0.25) is 0 Å². The van der Waals surface area contributed by atoms with Gasteiger partial charge in [-0.1, -0.05) is 35.9 Å². The minimum absolute atomic E-state index is 0.940. The standard InChI is InChI=1S/C21H26N4/c1-16-4-7-18(8-5-16)21-19(15-24-12-3-10-22-11-13-24)25-14-17(2)6-9-20(25)23-21/h4-9,14,22H,3,10-13,15H2,1-2H3. The Kier molecular flexibility index (Phi) is 4.55. The third-order valence-electron chi connectivity index (χ3n) is 5.00. The van der Waals surface area contributed by atoms with Crippen LogP contribution in [0, 0.1) is 13.8 Å². The largest absolute Gasteiger partial charge is 0.315 e. The summed E-state index contributed by atoms with van der Waals surface area (Å²) in [5.74, 6) is 0. The summed E-state index contributed by atoms with van der Waals surface area (Å²) in [4.78, 5) is 7.51. The van der Waals surface area contributed by atoms with Crippen LogP contribution in [-0.2, 0) is 6.54 Å². The van der Waals surface area contributed by atoms with Crippen molar-refractivity contribution in [2.24, 2.45) is 0 Å². The highest BCUT2D eigenvalue weighted by molar-refractivity contribution is 5.67. The summed E-state index contributed by atoms with van der Waals surface area (Å²) in [7, 11) is 0. The molecule has 0 spiro atoms. The highest BCUT2D eigenvalue weighted by Gasteiger charge is 2.18. The van der Waals surface area contributed by atoms with Crippen molar-refractivity contribution in [3.63, 3.8) is 0 Å². The van der Waals surface area contributed by atoms with Gasteiger partial charge in [0, 0.05) is 31.4 Å². The molecule has 1 saturated heterocycles. The maximum atomic E-state index is 4.96. The second-order valence-electron chi connectivity index (χ2n) is 7.09. The van der Waals surface area contributed by atoms with Crippen molar-refractivity contribution in [1.29, 1.82) is 0 Å². The molecule has 4 nitrogen and oxygen atoms in total. The molecule has 0 saturated carbocycles. The van der Waals surface area contributed by atoms with Crippen LogP contribution in [0.4, 0.5) is 0 Å². The molecule has 3 heterocycles. The molecule has 0 bridgehead atoms. The summed E-state index contributed by atoms with van der Waals surface area (Å²) in [5.41, 5.74) is 7.19. The number of aromatic nitrogens is 2. The normalized spacial score (nSPS) is 16.2.